The van der Waals surface area contributed by atoms with Gasteiger partial charge in [0.25, 0.3) is 0 Å². The molecule has 20 heavy (non-hydrogen) atoms. The van der Waals surface area contributed by atoms with Gasteiger partial charge in [-0.2, -0.15) is 4.98 Å². The number of hydrogen-bond acceptors (Lipinski definition) is 5. The molecule has 0 atom stereocenters. The highest BCUT2D eigenvalue weighted by atomic mass is 79.9. The molecule has 0 aliphatic heterocycles. The second-order valence-corrected chi connectivity index (χ2v) is 6.42. The lowest BCUT2D eigenvalue weighted by Gasteiger charge is -2.36. The van der Waals surface area contributed by atoms with Gasteiger partial charge in [0.05, 0.1) is 10.1 Å². The summed E-state index contributed by atoms with van der Waals surface area (Å²) in [5.74, 6) is 2.06. The molecule has 0 aromatic carbocycles. The van der Waals surface area contributed by atoms with Crippen molar-refractivity contribution in [2.75, 3.05) is 24.2 Å². The van der Waals surface area contributed by atoms with Crippen molar-refractivity contribution < 1.29 is 5.11 Å². The van der Waals surface area contributed by atoms with Crippen LogP contribution >= 0.6 is 15.9 Å². The Hall–Kier alpha value is -0.880. The standard InChI is InChI=1S/C14H23BrN4O/c1-3-10-4-6-14(20,7-5-10)9-18-12-11(15)8-17-13(16-2)19-12/h8,10,20H,3-7,9H2,1-2H3,(H2,16,17,18,19). The Kier molecular flexibility index (Phi) is 5.21. The Balaban J connectivity index is 1.95. The fraction of sp³-hybridized carbons (Fsp3) is 0.714. The van der Waals surface area contributed by atoms with Gasteiger partial charge in [0.2, 0.25) is 5.95 Å². The van der Waals surface area contributed by atoms with Crippen LogP contribution in [0.3, 0.4) is 0 Å². The van der Waals surface area contributed by atoms with E-state index in [1.54, 1.807) is 13.2 Å². The second-order valence-electron chi connectivity index (χ2n) is 5.57. The molecule has 0 spiro atoms. The first-order chi connectivity index (χ1) is 9.56. The van der Waals surface area contributed by atoms with Gasteiger partial charge < -0.3 is 15.7 Å². The molecule has 0 amide bonds. The van der Waals surface area contributed by atoms with Gasteiger partial charge in [0, 0.05) is 19.8 Å². The molecule has 5 nitrogen and oxygen atoms in total. The van der Waals surface area contributed by atoms with Crippen LogP contribution in [0.4, 0.5) is 11.8 Å². The van der Waals surface area contributed by atoms with Crippen molar-refractivity contribution in [3.05, 3.63) is 10.7 Å². The summed E-state index contributed by atoms with van der Waals surface area (Å²) >= 11 is 3.43. The van der Waals surface area contributed by atoms with Crippen molar-refractivity contribution in [2.45, 2.75) is 44.6 Å². The molecule has 2 rings (SSSR count). The highest BCUT2D eigenvalue weighted by Crippen LogP contribution is 2.34. The van der Waals surface area contributed by atoms with Gasteiger partial charge in [0.1, 0.15) is 5.82 Å². The van der Waals surface area contributed by atoms with E-state index in [1.807, 2.05) is 0 Å². The first-order valence-electron chi connectivity index (χ1n) is 7.23. The van der Waals surface area contributed by atoms with Gasteiger partial charge in [0.15, 0.2) is 0 Å². The van der Waals surface area contributed by atoms with Crippen LogP contribution in [0.5, 0.6) is 0 Å². The first kappa shape index (κ1) is 15.5. The van der Waals surface area contributed by atoms with Crippen LogP contribution in [0, 0.1) is 5.92 Å². The van der Waals surface area contributed by atoms with E-state index in [0.717, 1.165) is 41.9 Å². The predicted molar refractivity (Wildman–Crippen MR) is 85.0 cm³/mol. The summed E-state index contributed by atoms with van der Waals surface area (Å²) < 4.78 is 0.808. The predicted octanol–water partition coefficient (Wildman–Crippen LogP) is 3.02. The molecule has 0 unspecified atom stereocenters. The largest absolute Gasteiger partial charge is 0.388 e. The molecule has 1 aliphatic rings. The number of nitrogens with one attached hydrogen (secondary N) is 2. The molecule has 1 heterocycles. The van der Waals surface area contributed by atoms with Crippen molar-refractivity contribution in [1.29, 1.82) is 0 Å². The molecule has 6 heteroatoms. The fourth-order valence-corrected chi connectivity index (χ4v) is 2.99. The number of aliphatic hydroxyl groups is 1. The summed E-state index contributed by atoms with van der Waals surface area (Å²) in [6.07, 6.45) is 6.87. The van der Waals surface area contributed by atoms with E-state index in [0.29, 0.717) is 12.5 Å². The maximum Gasteiger partial charge on any atom is 0.224 e. The zero-order valence-corrected chi connectivity index (χ0v) is 13.7. The fourth-order valence-electron chi connectivity index (χ4n) is 2.66. The van der Waals surface area contributed by atoms with E-state index in [-0.39, 0.29) is 0 Å². The summed E-state index contributed by atoms with van der Waals surface area (Å²) in [5, 5.41) is 16.8. The van der Waals surface area contributed by atoms with Crippen LogP contribution in [-0.4, -0.2) is 34.3 Å². The van der Waals surface area contributed by atoms with Gasteiger partial charge in [-0.25, -0.2) is 4.98 Å². The molecule has 1 aromatic heterocycles. The maximum absolute atomic E-state index is 10.6. The highest BCUT2D eigenvalue weighted by Gasteiger charge is 2.32. The van der Waals surface area contributed by atoms with Crippen molar-refractivity contribution in [2.24, 2.45) is 5.92 Å². The Morgan fingerprint density at radius 1 is 1.45 bits per heavy atom. The van der Waals surface area contributed by atoms with Gasteiger partial charge in [-0.3, -0.25) is 0 Å². The molecule has 1 aromatic rings. The molecule has 1 saturated carbocycles. The molecular weight excluding hydrogens is 320 g/mol. The molecular formula is C14H23BrN4O. The normalized spacial score (nSPS) is 26.3. The highest BCUT2D eigenvalue weighted by molar-refractivity contribution is 9.10. The number of nitrogens with zero attached hydrogens (tertiary/aromatic N) is 2. The number of rotatable bonds is 5. The zero-order valence-electron chi connectivity index (χ0n) is 12.1. The van der Waals surface area contributed by atoms with Gasteiger partial charge in [-0.1, -0.05) is 13.3 Å². The Labute approximate surface area is 128 Å². The van der Waals surface area contributed by atoms with E-state index in [2.05, 4.69) is 43.5 Å². The van der Waals surface area contributed by atoms with E-state index in [1.165, 1.54) is 6.42 Å². The number of anilines is 2. The van der Waals surface area contributed by atoms with Crippen LogP contribution in [0.15, 0.2) is 10.7 Å². The third-order valence-electron chi connectivity index (χ3n) is 4.17. The molecule has 0 saturated heterocycles. The Morgan fingerprint density at radius 2 is 2.15 bits per heavy atom. The van der Waals surface area contributed by atoms with Crippen molar-refractivity contribution in [1.82, 2.24) is 9.97 Å². The molecule has 3 N–H and O–H groups in total. The minimum atomic E-state index is -0.615. The van der Waals surface area contributed by atoms with Crippen LogP contribution in [0.2, 0.25) is 0 Å². The SMILES string of the molecule is CCC1CCC(O)(CNc2nc(NC)ncc2Br)CC1. The lowest BCUT2D eigenvalue weighted by Crippen LogP contribution is -2.40. The summed E-state index contributed by atoms with van der Waals surface area (Å²) in [6, 6.07) is 0. The average molecular weight is 343 g/mol. The number of halogens is 1. The van der Waals surface area contributed by atoms with E-state index >= 15 is 0 Å². The summed E-state index contributed by atoms with van der Waals surface area (Å²) in [7, 11) is 1.78. The van der Waals surface area contributed by atoms with Crippen molar-refractivity contribution in [3.63, 3.8) is 0 Å². The minimum absolute atomic E-state index is 0.530. The third kappa shape index (κ3) is 3.82. The summed E-state index contributed by atoms with van der Waals surface area (Å²) in [4.78, 5) is 8.47. The van der Waals surface area contributed by atoms with Gasteiger partial charge >= 0.3 is 0 Å². The van der Waals surface area contributed by atoms with E-state index in [9.17, 15) is 5.11 Å². The quantitative estimate of drug-likeness (QED) is 0.767. The van der Waals surface area contributed by atoms with Crippen LogP contribution in [0.1, 0.15) is 39.0 Å². The van der Waals surface area contributed by atoms with Gasteiger partial charge in [-0.15, -0.1) is 0 Å². The smallest absolute Gasteiger partial charge is 0.224 e. The first-order valence-corrected chi connectivity index (χ1v) is 8.02. The average Bonchev–Trinajstić information content (AvgIpc) is 2.47. The van der Waals surface area contributed by atoms with Crippen LogP contribution in [-0.2, 0) is 0 Å². The lowest BCUT2D eigenvalue weighted by molar-refractivity contribution is 0.00222. The zero-order chi connectivity index (χ0) is 14.6. The topological polar surface area (TPSA) is 70.1 Å². The second kappa shape index (κ2) is 6.72. The molecule has 112 valence electrons. The van der Waals surface area contributed by atoms with E-state index < -0.39 is 5.60 Å². The maximum atomic E-state index is 10.6. The minimum Gasteiger partial charge on any atom is -0.388 e. The Bertz CT molecular complexity index is 447. The summed E-state index contributed by atoms with van der Waals surface area (Å²) in [5.41, 5.74) is -0.615. The number of hydrogen-bond donors (Lipinski definition) is 3. The van der Waals surface area contributed by atoms with Gasteiger partial charge in [-0.05, 0) is 47.5 Å². The molecule has 0 bridgehead atoms. The third-order valence-corrected chi connectivity index (χ3v) is 4.75. The van der Waals surface area contributed by atoms with Crippen LogP contribution in [0.25, 0.3) is 0 Å². The Morgan fingerprint density at radius 3 is 2.75 bits per heavy atom. The van der Waals surface area contributed by atoms with Crippen LogP contribution < -0.4 is 10.6 Å². The molecule has 1 aliphatic carbocycles. The van der Waals surface area contributed by atoms with E-state index in [4.69, 9.17) is 0 Å². The number of aromatic nitrogens is 2. The summed E-state index contributed by atoms with van der Waals surface area (Å²) in [6.45, 7) is 2.76. The molecule has 0 radical (unpaired) electrons. The molecule has 1 fully saturated rings. The van der Waals surface area contributed by atoms with Crippen molar-refractivity contribution in [3.8, 4) is 0 Å². The van der Waals surface area contributed by atoms with Crippen molar-refractivity contribution >= 4 is 27.7 Å². The monoisotopic (exact) mass is 342 g/mol. The lowest BCUT2D eigenvalue weighted by atomic mass is 9.78.